The molecule has 0 saturated carbocycles. The van der Waals surface area contributed by atoms with Crippen molar-refractivity contribution in [2.24, 2.45) is 0 Å². The maximum absolute atomic E-state index is 14.5. The molecule has 3 atom stereocenters. The fourth-order valence-electron chi connectivity index (χ4n) is 14.8. The molecule has 5 N–H and O–H groups in total. The van der Waals surface area contributed by atoms with Gasteiger partial charge in [0.05, 0.1) is 88.9 Å². The number of unbranched alkanes of at least 4 members (excludes halogenated alkanes) is 3. The number of nitrogens with one attached hydrogen (secondary N) is 4. The maximum Gasteiger partial charge on any atom is 0.410 e. The van der Waals surface area contributed by atoms with E-state index in [1.54, 1.807) is 77.1 Å². The van der Waals surface area contributed by atoms with E-state index in [1.165, 1.54) is 94.5 Å². The predicted molar refractivity (Wildman–Crippen MR) is 476 cm³/mol. The maximum atomic E-state index is 14.5. The summed E-state index contributed by atoms with van der Waals surface area (Å²) in [5.74, 6) is -9.52. The van der Waals surface area contributed by atoms with E-state index in [9.17, 15) is 96.2 Å². The SMILES string of the molecule is CC[C@@]1(O)C(=O)CCc2c1cc1n(c2=O)Cc2c-1nc1ccccc1c2CCN(C(=O)OCc1ccc(NC(=O)[C@H](CCCCNC(=O)CN(C)C(=O)CN(C)C(=O)CN(C)C(=O)CN(C)C(=O)CN(C)C(=O)CN(C)C(=O)CN(C)C(=O)CN(C)C(=O)CN(C)C(=O)CN(C)C(C)=O)NC(=O)[C@H](Cc2ccccc2)NC(=O)CCCCCN2C(=O)C=CC2=O)cc1)C(C)C. The van der Waals surface area contributed by atoms with Crippen LogP contribution in [0.15, 0.2) is 102 Å². The molecule has 0 fully saturated rings. The number of amides is 17. The zero-order valence-electron chi connectivity index (χ0n) is 76.4. The Morgan fingerprint density at radius 2 is 1.02 bits per heavy atom. The summed E-state index contributed by atoms with van der Waals surface area (Å²) < 4.78 is 7.57. The molecule has 700 valence electrons. The first-order valence-corrected chi connectivity index (χ1v) is 43.1. The van der Waals surface area contributed by atoms with Crippen molar-refractivity contribution in [1.82, 2.24) is 84.3 Å². The highest BCUT2D eigenvalue weighted by atomic mass is 16.6. The lowest BCUT2D eigenvalue weighted by molar-refractivity contribution is -0.146. The lowest BCUT2D eigenvalue weighted by Gasteiger charge is -2.32. The second-order valence-electron chi connectivity index (χ2n) is 33.5. The van der Waals surface area contributed by atoms with Crippen molar-refractivity contribution >= 4 is 123 Å². The summed E-state index contributed by atoms with van der Waals surface area (Å²) in [7, 11) is 13.4. The van der Waals surface area contributed by atoms with Crippen molar-refractivity contribution in [2.45, 2.75) is 142 Å². The monoisotopic (exact) mass is 1800 g/mol. The van der Waals surface area contributed by atoms with Crippen molar-refractivity contribution in [3.8, 4) is 11.4 Å². The number of nitrogens with zero attached hydrogens (tertiary/aromatic N) is 14. The highest BCUT2D eigenvalue weighted by Crippen LogP contribution is 2.41. The number of para-hydroxylation sites is 1. The molecular weight excluding hydrogens is 1680 g/mol. The predicted octanol–water partition coefficient (Wildman–Crippen LogP) is 0.654. The lowest BCUT2D eigenvalue weighted by atomic mass is 9.77. The van der Waals surface area contributed by atoms with Crippen LogP contribution in [0.25, 0.3) is 22.3 Å². The number of benzene rings is 3. The van der Waals surface area contributed by atoms with Gasteiger partial charge in [0.2, 0.25) is 82.7 Å². The minimum Gasteiger partial charge on any atom is -0.445 e. The van der Waals surface area contributed by atoms with Crippen LogP contribution in [0.5, 0.6) is 0 Å². The molecule has 0 spiro atoms. The molecule has 0 unspecified atom stereocenters. The average Bonchev–Trinajstić information content (AvgIpc) is 1.54. The van der Waals surface area contributed by atoms with Crippen molar-refractivity contribution in [3.05, 3.63) is 141 Å². The number of aliphatic hydroxyl groups is 1. The van der Waals surface area contributed by atoms with E-state index in [0.29, 0.717) is 70.5 Å². The first-order valence-electron chi connectivity index (χ1n) is 43.1. The number of fused-ring (bicyclic) bond motifs is 5. The van der Waals surface area contributed by atoms with Crippen molar-refractivity contribution in [2.75, 3.05) is 161 Å². The van der Waals surface area contributed by atoms with Crippen LogP contribution >= 0.6 is 0 Å². The number of imide groups is 1. The van der Waals surface area contributed by atoms with Crippen LogP contribution in [0, 0.1) is 0 Å². The van der Waals surface area contributed by atoms with E-state index in [4.69, 9.17) is 9.72 Å². The van der Waals surface area contributed by atoms with Gasteiger partial charge in [-0.2, -0.15) is 0 Å². The minimum absolute atomic E-state index is 0.00785. The van der Waals surface area contributed by atoms with Crippen LogP contribution in [-0.2, 0) is 124 Å². The highest BCUT2D eigenvalue weighted by molar-refractivity contribution is 6.13. The molecule has 3 aromatic carbocycles. The summed E-state index contributed by atoms with van der Waals surface area (Å²) in [6.45, 7) is 2.70. The van der Waals surface area contributed by atoms with E-state index >= 15 is 0 Å². The molecule has 130 heavy (non-hydrogen) atoms. The Balaban J connectivity index is 0.809. The Labute approximate surface area is 754 Å². The fourth-order valence-corrected chi connectivity index (χ4v) is 14.8. The molecule has 0 radical (unpaired) electrons. The van der Waals surface area contributed by atoms with Gasteiger partial charge in [0.25, 0.3) is 17.4 Å². The normalized spacial score (nSPS) is 13.9. The number of ketones is 1. The minimum atomic E-state index is -1.79. The standard InChI is InChI=1S/C91H120N18O21/c1-15-91(129)67-45-71-86-66(46-109(71)89(127)65(67)36-37-72(91)111)63(64-28-21-22-29-68(64)95-86)40-43-107(58(2)3)90(128)130-57-61-32-34-62(35-33-61)93-87(125)69(96-88(126)70(44-60-26-18-16-19-27-60)94-73(112)31-20-17-25-42-108-75(114)38-39-76(108)115)30-23-24-41-92-74(113)47-98(6)78(117)49-100(8)80(119)51-102(10)82(121)53-104(12)84(123)55-106(14)85(124)56-105(13)83(122)54-103(11)81(120)52-101(9)79(118)50-99(7)77(116)48-97(5)59(4)110/h16,18-19,21-22,26-29,32-35,38-39,45,58,69-70,129H,15,17,20,23-25,30-31,36-37,40-44,46-57H2,1-14H3,(H,92,113)(H,93,125)(H,94,112)(H,96,126)/t69-,70-,91-/m0/s1. The summed E-state index contributed by atoms with van der Waals surface area (Å²) in [5, 5.41) is 23.8. The number of carbonyl (C=O) groups is 18. The smallest absolute Gasteiger partial charge is 0.410 e. The van der Waals surface area contributed by atoms with E-state index in [-0.39, 0.29) is 121 Å². The molecule has 1 aliphatic carbocycles. The fraction of sp³-hybridized carbons (Fsp3) is 0.495. The van der Waals surface area contributed by atoms with Crippen LogP contribution in [0.1, 0.15) is 119 Å². The van der Waals surface area contributed by atoms with Gasteiger partial charge in [-0.3, -0.25) is 91.2 Å². The first-order chi connectivity index (χ1) is 61.5. The van der Waals surface area contributed by atoms with Crippen LogP contribution in [0.3, 0.4) is 0 Å². The van der Waals surface area contributed by atoms with Crippen molar-refractivity contribution < 1.29 is 96.1 Å². The molecule has 17 amide bonds. The Bertz CT molecular complexity index is 5180. The van der Waals surface area contributed by atoms with Gasteiger partial charge in [0.15, 0.2) is 5.78 Å². The highest BCUT2D eigenvalue weighted by Gasteiger charge is 2.44. The third kappa shape index (κ3) is 27.7. The van der Waals surface area contributed by atoms with Gasteiger partial charge < -0.3 is 89.6 Å². The van der Waals surface area contributed by atoms with Gasteiger partial charge in [-0.25, -0.2) is 9.78 Å². The molecule has 39 heteroatoms. The molecule has 4 heterocycles. The number of hydrogen-bond donors (Lipinski definition) is 5. The largest absolute Gasteiger partial charge is 0.445 e. The van der Waals surface area contributed by atoms with Crippen molar-refractivity contribution in [1.29, 1.82) is 0 Å². The molecule has 3 aliphatic rings. The number of Topliss-reactive ketones (excluding diaryl/α,β-unsaturated/α-hetero) is 1. The number of hydrogen-bond acceptors (Lipinski definition) is 22. The topological polar surface area (TPSA) is 459 Å². The Hall–Kier alpha value is -13.6. The summed E-state index contributed by atoms with van der Waals surface area (Å²) in [5.41, 5.74) is 3.66. The zero-order chi connectivity index (χ0) is 95.7. The third-order valence-electron chi connectivity index (χ3n) is 23.2. The van der Waals surface area contributed by atoms with Gasteiger partial charge in [0.1, 0.15) is 24.3 Å². The molecule has 39 nitrogen and oxygen atoms in total. The average molecular weight is 1800 g/mol. The second kappa shape index (κ2) is 46.9. The number of aromatic nitrogens is 2. The summed E-state index contributed by atoms with van der Waals surface area (Å²) >= 11 is 0. The summed E-state index contributed by atoms with van der Waals surface area (Å²) in [6.07, 6.45) is 4.44. The number of anilines is 1. The van der Waals surface area contributed by atoms with Crippen LogP contribution in [0.4, 0.5) is 10.5 Å². The van der Waals surface area contributed by atoms with Crippen LogP contribution in [0.2, 0.25) is 0 Å². The van der Waals surface area contributed by atoms with Gasteiger partial charge in [-0.1, -0.05) is 74.0 Å². The lowest BCUT2D eigenvalue weighted by Crippen LogP contribution is -2.53. The number of rotatable bonds is 45. The summed E-state index contributed by atoms with van der Waals surface area (Å²) in [6, 6.07) is 22.0. The number of ether oxygens (including phenoxy) is 1. The second-order valence-corrected chi connectivity index (χ2v) is 33.5. The molecular formula is C91H120N18O21. The number of pyridine rings is 2. The molecule has 0 saturated heterocycles. The van der Waals surface area contributed by atoms with Gasteiger partial charge >= 0.3 is 6.09 Å². The van der Waals surface area contributed by atoms with Crippen LogP contribution < -0.4 is 26.8 Å². The zero-order valence-corrected chi connectivity index (χ0v) is 76.4. The van der Waals surface area contributed by atoms with Gasteiger partial charge in [0, 0.05) is 162 Å². The number of carbonyl (C=O) groups excluding carboxylic acids is 18. The van der Waals surface area contributed by atoms with E-state index in [1.807, 2.05) is 38.1 Å². The Morgan fingerprint density at radius 1 is 0.523 bits per heavy atom. The van der Waals surface area contributed by atoms with Gasteiger partial charge in [-0.05, 0) is 106 Å². The van der Waals surface area contributed by atoms with E-state index in [0.717, 1.165) is 65.5 Å². The first kappa shape index (κ1) is 102. The molecule has 8 rings (SSSR count). The van der Waals surface area contributed by atoms with E-state index < -0.39 is 165 Å². The van der Waals surface area contributed by atoms with Crippen LogP contribution in [-0.4, -0.2) is 354 Å². The molecule has 2 aromatic heterocycles. The Kier molecular flexibility index (Phi) is 36.7. The third-order valence-corrected chi connectivity index (χ3v) is 23.2. The summed E-state index contributed by atoms with van der Waals surface area (Å²) in [4.78, 5) is 269. The van der Waals surface area contributed by atoms with E-state index in [2.05, 4.69) is 21.3 Å². The van der Waals surface area contributed by atoms with Crippen molar-refractivity contribution in [3.63, 3.8) is 0 Å². The number of likely N-dealkylation sites (N-methyl/N-ethyl adjacent to an activating group) is 10. The Morgan fingerprint density at radius 3 is 1.52 bits per heavy atom. The molecule has 5 aromatic rings. The van der Waals surface area contributed by atoms with Gasteiger partial charge in [-0.15, -0.1) is 0 Å². The molecule has 2 aliphatic heterocycles. The molecule has 0 bridgehead atoms. The quantitative estimate of drug-likeness (QED) is 0.0259.